The molecule has 1 unspecified atom stereocenters. The minimum Gasteiger partial charge on any atom is -0.329 e. The Hall–Kier alpha value is -1.68. The zero-order valence-electron chi connectivity index (χ0n) is 9.37. The van der Waals surface area contributed by atoms with E-state index >= 15 is 0 Å². The molecule has 0 fully saturated rings. The van der Waals surface area contributed by atoms with Crippen LogP contribution in [0.1, 0.15) is 24.2 Å². The van der Waals surface area contributed by atoms with Crippen LogP contribution in [0.4, 0.5) is 0 Å². The van der Waals surface area contributed by atoms with Crippen LogP contribution in [0.15, 0.2) is 36.7 Å². The van der Waals surface area contributed by atoms with Gasteiger partial charge in [0.1, 0.15) is 12.2 Å². The Labute approximate surface area is 95.1 Å². The maximum absolute atomic E-state index is 5.84. The van der Waals surface area contributed by atoms with E-state index in [0.717, 1.165) is 12.4 Å². The minimum atomic E-state index is 0.128. The van der Waals surface area contributed by atoms with E-state index in [2.05, 4.69) is 29.3 Å². The Bertz CT molecular complexity index is 435. The summed E-state index contributed by atoms with van der Waals surface area (Å²) in [6, 6.07) is 10.2. The standard InChI is InChI=1S/C12H16N4/c1-2-16-9-14-15-12(16)11(8-13)10-6-4-3-5-7-10/h3-7,9,11H,2,8,13H2,1H3. The molecule has 2 aromatic rings. The van der Waals surface area contributed by atoms with Gasteiger partial charge in [-0.1, -0.05) is 30.3 Å². The van der Waals surface area contributed by atoms with E-state index < -0.39 is 0 Å². The van der Waals surface area contributed by atoms with Crippen molar-refractivity contribution in [3.63, 3.8) is 0 Å². The molecule has 4 nitrogen and oxygen atoms in total. The summed E-state index contributed by atoms with van der Waals surface area (Å²) in [5, 5.41) is 8.11. The molecule has 84 valence electrons. The average Bonchev–Trinajstić information content (AvgIpc) is 2.80. The van der Waals surface area contributed by atoms with Crippen molar-refractivity contribution in [2.75, 3.05) is 6.54 Å². The molecule has 0 amide bonds. The molecule has 1 aromatic heterocycles. The van der Waals surface area contributed by atoms with Crippen molar-refractivity contribution in [2.45, 2.75) is 19.4 Å². The predicted octanol–water partition coefficient (Wildman–Crippen LogP) is 1.39. The number of hydrogen-bond acceptors (Lipinski definition) is 3. The Morgan fingerprint density at radius 2 is 2.06 bits per heavy atom. The third-order valence-corrected chi connectivity index (χ3v) is 2.74. The molecule has 1 heterocycles. The molecular weight excluding hydrogens is 200 g/mol. The topological polar surface area (TPSA) is 56.7 Å². The Morgan fingerprint density at radius 1 is 1.31 bits per heavy atom. The van der Waals surface area contributed by atoms with Gasteiger partial charge in [0.15, 0.2) is 0 Å². The summed E-state index contributed by atoms with van der Waals surface area (Å²) in [6.45, 7) is 3.49. The smallest absolute Gasteiger partial charge is 0.141 e. The third-order valence-electron chi connectivity index (χ3n) is 2.74. The van der Waals surface area contributed by atoms with Gasteiger partial charge in [-0.05, 0) is 12.5 Å². The van der Waals surface area contributed by atoms with Gasteiger partial charge in [-0.2, -0.15) is 0 Å². The first-order valence-electron chi connectivity index (χ1n) is 5.49. The summed E-state index contributed by atoms with van der Waals surface area (Å²) < 4.78 is 2.03. The molecule has 0 radical (unpaired) electrons. The van der Waals surface area contributed by atoms with E-state index in [-0.39, 0.29) is 5.92 Å². The minimum absolute atomic E-state index is 0.128. The fourth-order valence-corrected chi connectivity index (χ4v) is 1.85. The zero-order valence-corrected chi connectivity index (χ0v) is 9.37. The lowest BCUT2D eigenvalue weighted by atomic mass is 9.98. The van der Waals surface area contributed by atoms with Crippen molar-refractivity contribution < 1.29 is 0 Å². The van der Waals surface area contributed by atoms with Crippen LogP contribution in [0.25, 0.3) is 0 Å². The summed E-state index contributed by atoms with van der Waals surface area (Å²) in [7, 11) is 0. The van der Waals surface area contributed by atoms with Gasteiger partial charge in [0, 0.05) is 13.1 Å². The Kier molecular flexibility index (Phi) is 3.31. The molecule has 16 heavy (non-hydrogen) atoms. The van der Waals surface area contributed by atoms with Crippen LogP contribution in [-0.4, -0.2) is 21.3 Å². The van der Waals surface area contributed by atoms with E-state index in [0.29, 0.717) is 6.54 Å². The first-order valence-corrected chi connectivity index (χ1v) is 5.49. The molecule has 0 aliphatic heterocycles. The molecular formula is C12H16N4. The van der Waals surface area contributed by atoms with Crippen LogP contribution in [0.3, 0.4) is 0 Å². The van der Waals surface area contributed by atoms with Gasteiger partial charge in [0.25, 0.3) is 0 Å². The first kappa shape index (κ1) is 10.8. The normalized spacial score (nSPS) is 12.6. The van der Waals surface area contributed by atoms with Crippen molar-refractivity contribution in [1.82, 2.24) is 14.8 Å². The number of rotatable bonds is 4. The highest BCUT2D eigenvalue weighted by Gasteiger charge is 2.17. The Balaban J connectivity index is 2.37. The predicted molar refractivity (Wildman–Crippen MR) is 63.0 cm³/mol. The van der Waals surface area contributed by atoms with Crippen molar-refractivity contribution in [3.8, 4) is 0 Å². The van der Waals surface area contributed by atoms with Crippen LogP contribution in [0.2, 0.25) is 0 Å². The van der Waals surface area contributed by atoms with E-state index in [9.17, 15) is 0 Å². The number of hydrogen-bond donors (Lipinski definition) is 1. The molecule has 0 aliphatic rings. The average molecular weight is 216 g/mol. The highest BCUT2D eigenvalue weighted by molar-refractivity contribution is 5.25. The van der Waals surface area contributed by atoms with Gasteiger partial charge < -0.3 is 10.3 Å². The molecule has 1 atom stereocenters. The van der Waals surface area contributed by atoms with Crippen molar-refractivity contribution >= 4 is 0 Å². The third kappa shape index (κ3) is 1.97. The molecule has 4 heteroatoms. The quantitative estimate of drug-likeness (QED) is 0.840. The zero-order chi connectivity index (χ0) is 11.4. The maximum Gasteiger partial charge on any atom is 0.141 e. The van der Waals surface area contributed by atoms with E-state index in [4.69, 9.17) is 5.73 Å². The first-order chi connectivity index (χ1) is 7.86. The van der Waals surface area contributed by atoms with Crippen molar-refractivity contribution in [3.05, 3.63) is 48.0 Å². The highest BCUT2D eigenvalue weighted by atomic mass is 15.3. The second kappa shape index (κ2) is 4.90. The summed E-state index contributed by atoms with van der Waals surface area (Å²) in [4.78, 5) is 0. The van der Waals surface area contributed by atoms with Crippen molar-refractivity contribution in [1.29, 1.82) is 0 Å². The van der Waals surface area contributed by atoms with Gasteiger partial charge in [0.2, 0.25) is 0 Å². The van der Waals surface area contributed by atoms with Crippen LogP contribution in [0, 0.1) is 0 Å². The molecule has 0 aliphatic carbocycles. The molecule has 0 spiro atoms. The molecule has 0 saturated heterocycles. The molecule has 1 aromatic carbocycles. The van der Waals surface area contributed by atoms with E-state index in [1.165, 1.54) is 5.56 Å². The van der Waals surface area contributed by atoms with Gasteiger partial charge >= 0.3 is 0 Å². The maximum atomic E-state index is 5.84. The molecule has 0 saturated carbocycles. The number of aromatic nitrogens is 3. The van der Waals surface area contributed by atoms with E-state index in [1.807, 2.05) is 22.8 Å². The summed E-state index contributed by atoms with van der Waals surface area (Å²) >= 11 is 0. The van der Waals surface area contributed by atoms with Crippen LogP contribution >= 0.6 is 0 Å². The number of nitrogens with two attached hydrogens (primary N) is 1. The fraction of sp³-hybridized carbons (Fsp3) is 0.333. The second-order valence-electron chi connectivity index (χ2n) is 3.67. The monoisotopic (exact) mass is 216 g/mol. The van der Waals surface area contributed by atoms with Gasteiger partial charge in [-0.15, -0.1) is 10.2 Å². The lowest BCUT2D eigenvalue weighted by Crippen LogP contribution is -2.18. The van der Waals surface area contributed by atoms with Crippen molar-refractivity contribution in [2.24, 2.45) is 5.73 Å². The van der Waals surface area contributed by atoms with Crippen LogP contribution in [-0.2, 0) is 6.54 Å². The fourth-order valence-electron chi connectivity index (χ4n) is 1.85. The summed E-state index contributed by atoms with van der Waals surface area (Å²) in [6.07, 6.45) is 1.75. The number of nitrogens with zero attached hydrogens (tertiary/aromatic N) is 3. The summed E-state index contributed by atoms with van der Waals surface area (Å²) in [5.41, 5.74) is 7.03. The lowest BCUT2D eigenvalue weighted by Gasteiger charge is -2.14. The number of benzene rings is 1. The molecule has 2 N–H and O–H groups in total. The Morgan fingerprint density at radius 3 is 2.69 bits per heavy atom. The lowest BCUT2D eigenvalue weighted by molar-refractivity contribution is 0.647. The summed E-state index contributed by atoms with van der Waals surface area (Å²) in [5.74, 6) is 1.07. The number of aryl methyl sites for hydroxylation is 1. The van der Waals surface area contributed by atoms with E-state index in [1.54, 1.807) is 6.33 Å². The highest BCUT2D eigenvalue weighted by Crippen LogP contribution is 2.21. The largest absolute Gasteiger partial charge is 0.329 e. The SMILES string of the molecule is CCn1cnnc1C(CN)c1ccccc1. The van der Waals surface area contributed by atoms with Gasteiger partial charge in [0.05, 0.1) is 5.92 Å². The molecule has 0 bridgehead atoms. The van der Waals surface area contributed by atoms with Gasteiger partial charge in [-0.25, -0.2) is 0 Å². The molecule has 2 rings (SSSR count). The van der Waals surface area contributed by atoms with Crippen LogP contribution < -0.4 is 5.73 Å². The van der Waals surface area contributed by atoms with Crippen LogP contribution in [0.5, 0.6) is 0 Å². The van der Waals surface area contributed by atoms with Gasteiger partial charge in [-0.3, -0.25) is 0 Å². The second-order valence-corrected chi connectivity index (χ2v) is 3.67.